The molecule has 0 heterocycles. The molecule has 0 atom stereocenters. The molecule has 0 aromatic carbocycles. The predicted molar refractivity (Wildman–Crippen MR) is 84.3 cm³/mol. The lowest BCUT2D eigenvalue weighted by atomic mass is 10.1. The van der Waals surface area contributed by atoms with Crippen LogP contribution >= 0.6 is 0 Å². The number of hydrogen-bond acceptors (Lipinski definition) is 1. The lowest BCUT2D eigenvalue weighted by Gasteiger charge is -2.22. The zero-order valence-corrected chi connectivity index (χ0v) is 13.7. The summed E-state index contributed by atoms with van der Waals surface area (Å²) in [5, 5.41) is 0. The van der Waals surface area contributed by atoms with Crippen molar-refractivity contribution in [2.45, 2.75) is 85.5 Å². The molecule has 0 aliphatic rings. The van der Waals surface area contributed by atoms with Gasteiger partial charge in [-0.1, -0.05) is 72.1 Å². The van der Waals surface area contributed by atoms with E-state index in [-0.39, 0.29) is 5.92 Å². The van der Waals surface area contributed by atoms with Crippen LogP contribution in [-0.2, 0) is 4.79 Å². The van der Waals surface area contributed by atoms with Gasteiger partial charge in [-0.05, 0) is 13.3 Å². The highest BCUT2D eigenvalue weighted by molar-refractivity contribution is 5.78. The fraction of sp³-hybridized carbons (Fsp3) is 0.941. The van der Waals surface area contributed by atoms with Crippen molar-refractivity contribution >= 4 is 5.91 Å². The first kappa shape index (κ1) is 18.5. The molecule has 0 aromatic rings. The topological polar surface area (TPSA) is 20.3 Å². The van der Waals surface area contributed by atoms with Gasteiger partial charge in [0, 0.05) is 19.0 Å². The van der Waals surface area contributed by atoms with Gasteiger partial charge < -0.3 is 4.90 Å². The molecule has 19 heavy (non-hydrogen) atoms. The number of hydrogen-bond donors (Lipinski definition) is 0. The van der Waals surface area contributed by atoms with Gasteiger partial charge in [0.2, 0.25) is 5.91 Å². The van der Waals surface area contributed by atoms with Gasteiger partial charge in [-0.2, -0.15) is 0 Å². The monoisotopic (exact) mass is 269 g/mol. The van der Waals surface area contributed by atoms with E-state index in [9.17, 15) is 4.79 Å². The molecule has 114 valence electrons. The Kier molecular flexibility index (Phi) is 12.2. The van der Waals surface area contributed by atoms with Gasteiger partial charge in [-0.15, -0.1) is 0 Å². The Morgan fingerprint density at radius 2 is 1.32 bits per heavy atom. The molecule has 0 saturated carbocycles. The Balaban J connectivity index is 3.44. The van der Waals surface area contributed by atoms with Crippen LogP contribution in [0.5, 0.6) is 0 Å². The maximum Gasteiger partial charge on any atom is 0.225 e. The van der Waals surface area contributed by atoms with Gasteiger partial charge in [0.1, 0.15) is 0 Å². The Morgan fingerprint density at radius 3 is 1.74 bits per heavy atom. The van der Waals surface area contributed by atoms with Crippen LogP contribution in [-0.4, -0.2) is 23.9 Å². The van der Waals surface area contributed by atoms with Gasteiger partial charge in [0.25, 0.3) is 0 Å². The fourth-order valence-electron chi connectivity index (χ4n) is 2.40. The van der Waals surface area contributed by atoms with Crippen molar-refractivity contribution in [1.29, 1.82) is 0 Å². The summed E-state index contributed by atoms with van der Waals surface area (Å²) < 4.78 is 0. The summed E-state index contributed by atoms with van der Waals surface area (Å²) in [6.45, 7) is 10.1. The molecule has 0 fully saturated rings. The van der Waals surface area contributed by atoms with E-state index in [1.54, 1.807) is 0 Å². The van der Waals surface area contributed by atoms with E-state index in [1.807, 2.05) is 18.7 Å². The van der Waals surface area contributed by atoms with E-state index in [4.69, 9.17) is 0 Å². The van der Waals surface area contributed by atoms with Crippen molar-refractivity contribution in [2.24, 2.45) is 5.92 Å². The van der Waals surface area contributed by atoms with E-state index >= 15 is 0 Å². The Hall–Kier alpha value is -0.530. The van der Waals surface area contributed by atoms with Crippen molar-refractivity contribution in [3.05, 3.63) is 0 Å². The summed E-state index contributed by atoms with van der Waals surface area (Å²) in [7, 11) is 0. The number of rotatable bonds is 12. The van der Waals surface area contributed by atoms with Gasteiger partial charge in [-0.25, -0.2) is 0 Å². The third-order valence-electron chi connectivity index (χ3n) is 3.72. The van der Waals surface area contributed by atoms with Gasteiger partial charge in [-0.3, -0.25) is 4.79 Å². The van der Waals surface area contributed by atoms with Gasteiger partial charge in [0.05, 0.1) is 0 Å². The van der Waals surface area contributed by atoms with Crippen molar-refractivity contribution in [3.63, 3.8) is 0 Å². The van der Waals surface area contributed by atoms with Crippen molar-refractivity contribution < 1.29 is 4.79 Å². The standard InChI is InChI=1S/C17H35NO/c1-5-7-8-9-10-11-12-13-14-15-18(6-2)17(19)16(3)4/h16H,5-15H2,1-4H3. The molecule has 0 radical (unpaired) electrons. The van der Waals surface area contributed by atoms with Gasteiger partial charge in [0.15, 0.2) is 0 Å². The summed E-state index contributed by atoms with van der Waals surface area (Å²) in [6, 6.07) is 0. The second kappa shape index (κ2) is 12.5. The number of carbonyl (C=O) groups excluding carboxylic acids is 1. The number of unbranched alkanes of at least 4 members (excludes halogenated alkanes) is 8. The minimum absolute atomic E-state index is 0.138. The summed E-state index contributed by atoms with van der Waals surface area (Å²) in [5.41, 5.74) is 0. The number of amides is 1. The molecule has 2 heteroatoms. The van der Waals surface area contributed by atoms with Crippen LogP contribution < -0.4 is 0 Å². The van der Waals surface area contributed by atoms with Gasteiger partial charge >= 0.3 is 0 Å². The average molecular weight is 269 g/mol. The van der Waals surface area contributed by atoms with E-state index in [2.05, 4.69) is 13.8 Å². The first-order valence-electron chi connectivity index (χ1n) is 8.42. The average Bonchev–Trinajstić information content (AvgIpc) is 2.40. The quantitative estimate of drug-likeness (QED) is 0.455. The maximum atomic E-state index is 11.9. The van der Waals surface area contributed by atoms with Crippen LogP contribution in [0.4, 0.5) is 0 Å². The van der Waals surface area contributed by atoms with Crippen LogP contribution in [0.15, 0.2) is 0 Å². The molecule has 2 nitrogen and oxygen atoms in total. The normalized spacial score (nSPS) is 11.0. The number of nitrogens with zero attached hydrogens (tertiary/aromatic N) is 1. The molecule has 1 amide bonds. The second-order valence-corrected chi connectivity index (χ2v) is 5.90. The largest absolute Gasteiger partial charge is 0.343 e. The van der Waals surface area contributed by atoms with Crippen molar-refractivity contribution in [1.82, 2.24) is 4.90 Å². The molecule has 0 unspecified atom stereocenters. The first-order valence-corrected chi connectivity index (χ1v) is 8.42. The van der Waals surface area contributed by atoms with E-state index in [1.165, 1.54) is 57.8 Å². The van der Waals surface area contributed by atoms with E-state index < -0.39 is 0 Å². The SMILES string of the molecule is CCCCCCCCCCCN(CC)C(=O)C(C)C. The maximum absolute atomic E-state index is 11.9. The summed E-state index contributed by atoms with van der Waals surface area (Å²) in [5.74, 6) is 0.445. The van der Waals surface area contributed by atoms with E-state index in [0.29, 0.717) is 5.91 Å². The molecule has 0 saturated heterocycles. The molecule has 0 N–H and O–H groups in total. The first-order chi connectivity index (χ1) is 9.13. The smallest absolute Gasteiger partial charge is 0.225 e. The number of carbonyl (C=O) groups is 1. The zero-order chi connectivity index (χ0) is 14.5. The molecule has 0 aliphatic heterocycles. The molecule has 0 aromatic heterocycles. The third kappa shape index (κ3) is 9.98. The fourth-order valence-corrected chi connectivity index (χ4v) is 2.40. The van der Waals surface area contributed by atoms with Crippen molar-refractivity contribution in [3.8, 4) is 0 Å². The predicted octanol–water partition coefficient (Wildman–Crippen LogP) is 5.02. The second-order valence-electron chi connectivity index (χ2n) is 5.90. The van der Waals surface area contributed by atoms with E-state index in [0.717, 1.165) is 13.1 Å². The Labute approximate surface area is 120 Å². The summed E-state index contributed by atoms with van der Waals surface area (Å²) in [4.78, 5) is 13.9. The van der Waals surface area contributed by atoms with Crippen LogP contribution in [0.3, 0.4) is 0 Å². The lowest BCUT2D eigenvalue weighted by Crippen LogP contribution is -2.34. The van der Waals surface area contributed by atoms with Crippen molar-refractivity contribution in [2.75, 3.05) is 13.1 Å². The molecule has 0 spiro atoms. The van der Waals surface area contributed by atoms with Crippen LogP contribution in [0, 0.1) is 5.92 Å². The minimum Gasteiger partial charge on any atom is -0.343 e. The highest BCUT2D eigenvalue weighted by Gasteiger charge is 2.14. The zero-order valence-electron chi connectivity index (χ0n) is 13.7. The van der Waals surface area contributed by atoms with Crippen LogP contribution in [0.1, 0.15) is 85.5 Å². The molecular formula is C17H35NO. The lowest BCUT2D eigenvalue weighted by molar-refractivity contribution is -0.134. The van der Waals surface area contributed by atoms with Crippen LogP contribution in [0.25, 0.3) is 0 Å². The Morgan fingerprint density at radius 1 is 0.842 bits per heavy atom. The third-order valence-corrected chi connectivity index (χ3v) is 3.72. The van der Waals surface area contributed by atoms with Crippen LogP contribution in [0.2, 0.25) is 0 Å². The minimum atomic E-state index is 0.138. The molecule has 0 rings (SSSR count). The molecular weight excluding hydrogens is 234 g/mol. The summed E-state index contributed by atoms with van der Waals surface area (Å²) in [6.07, 6.45) is 12.1. The molecule has 0 aliphatic carbocycles. The summed E-state index contributed by atoms with van der Waals surface area (Å²) >= 11 is 0. The molecule has 0 bridgehead atoms. The highest BCUT2D eigenvalue weighted by Crippen LogP contribution is 2.10. The highest BCUT2D eigenvalue weighted by atomic mass is 16.2. The Bertz CT molecular complexity index is 213.